The maximum atomic E-state index is 11.6. The van der Waals surface area contributed by atoms with Crippen LogP contribution in [0, 0.1) is 6.92 Å². The summed E-state index contributed by atoms with van der Waals surface area (Å²) in [5.41, 5.74) is 2.12. The standard InChI is InChI=1S/C11H14O2S/c1-9-4-6-10(7-5-9)11-3-2-8-14(11,12)13/h4-7,11H,2-3,8H2,1H3. The molecule has 0 N–H and O–H groups in total. The molecule has 14 heavy (non-hydrogen) atoms. The molecule has 1 aromatic rings. The Kier molecular flexibility index (Phi) is 2.35. The maximum absolute atomic E-state index is 11.6. The van der Waals surface area contributed by atoms with Crippen LogP contribution in [-0.4, -0.2) is 14.2 Å². The third kappa shape index (κ3) is 1.69. The summed E-state index contributed by atoms with van der Waals surface area (Å²) >= 11 is 0. The molecule has 1 saturated heterocycles. The van der Waals surface area contributed by atoms with Crippen molar-refractivity contribution in [2.24, 2.45) is 0 Å². The Morgan fingerprint density at radius 1 is 1.21 bits per heavy atom. The minimum absolute atomic E-state index is 0.247. The highest BCUT2D eigenvalue weighted by molar-refractivity contribution is 7.91. The van der Waals surface area contributed by atoms with Crippen molar-refractivity contribution in [1.29, 1.82) is 0 Å². The van der Waals surface area contributed by atoms with Crippen molar-refractivity contribution >= 4 is 9.84 Å². The average molecular weight is 210 g/mol. The van der Waals surface area contributed by atoms with E-state index in [1.54, 1.807) is 0 Å². The normalized spacial score (nSPS) is 25.1. The van der Waals surface area contributed by atoms with Crippen LogP contribution in [0.1, 0.15) is 29.2 Å². The van der Waals surface area contributed by atoms with E-state index in [-0.39, 0.29) is 5.25 Å². The molecule has 0 aliphatic carbocycles. The zero-order valence-electron chi connectivity index (χ0n) is 8.23. The largest absolute Gasteiger partial charge is 0.228 e. The molecule has 0 aromatic heterocycles. The molecule has 2 rings (SSSR count). The van der Waals surface area contributed by atoms with E-state index in [2.05, 4.69) is 0 Å². The number of hydrogen-bond acceptors (Lipinski definition) is 2. The second-order valence-electron chi connectivity index (χ2n) is 3.91. The van der Waals surface area contributed by atoms with Crippen molar-refractivity contribution in [2.75, 3.05) is 5.75 Å². The third-order valence-electron chi connectivity index (χ3n) is 2.78. The van der Waals surface area contributed by atoms with E-state index in [0.717, 1.165) is 18.4 Å². The second kappa shape index (κ2) is 3.39. The SMILES string of the molecule is Cc1ccc(C2CCCS2(=O)=O)cc1. The van der Waals surface area contributed by atoms with E-state index in [9.17, 15) is 8.42 Å². The van der Waals surface area contributed by atoms with Gasteiger partial charge in [0.2, 0.25) is 0 Å². The molecular formula is C11H14O2S. The van der Waals surface area contributed by atoms with Gasteiger partial charge >= 0.3 is 0 Å². The zero-order valence-corrected chi connectivity index (χ0v) is 9.05. The lowest BCUT2D eigenvalue weighted by Crippen LogP contribution is -2.07. The fraction of sp³-hybridized carbons (Fsp3) is 0.455. The number of sulfone groups is 1. The van der Waals surface area contributed by atoms with E-state index in [4.69, 9.17) is 0 Å². The summed E-state index contributed by atoms with van der Waals surface area (Å²) in [5, 5.41) is -0.247. The maximum Gasteiger partial charge on any atom is 0.157 e. The Bertz CT molecular complexity index is 417. The van der Waals surface area contributed by atoms with Crippen LogP contribution in [0.25, 0.3) is 0 Å². The molecule has 0 spiro atoms. The molecule has 0 saturated carbocycles. The molecule has 3 heteroatoms. The van der Waals surface area contributed by atoms with Gasteiger partial charge < -0.3 is 0 Å². The van der Waals surface area contributed by atoms with Gasteiger partial charge in [0.25, 0.3) is 0 Å². The molecule has 0 radical (unpaired) electrons. The van der Waals surface area contributed by atoms with Crippen LogP contribution >= 0.6 is 0 Å². The highest BCUT2D eigenvalue weighted by Gasteiger charge is 2.32. The van der Waals surface area contributed by atoms with Gasteiger partial charge in [0.1, 0.15) is 0 Å². The smallest absolute Gasteiger partial charge is 0.157 e. The first-order valence-electron chi connectivity index (χ1n) is 4.88. The fourth-order valence-corrected chi connectivity index (χ4v) is 3.90. The van der Waals surface area contributed by atoms with Crippen LogP contribution in [0.4, 0.5) is 0 Å². The van der Waals surface area contributed by atoms with Crippen LogP contribution in [0.15, 0.2) is 24.3 Å². The van der Waals surface area contributed by atoms with E-state index in [1.807, 2.05) is 31.2 Å². The highest BCUT2D eigenvalue weighted by Crippen LogP contribution is 2.34. The van der Waals surface area contributed by atoms with Crippen molar-refractivity contribution in [3.05, 3.63) is 35.4 Å². The summed E-state index contributed by atoms with van der Waals surface area (Å²) in [6.07, 6.45) is 1.59. The Morgan fingerprint density at radius 3 is 2.36 bits per heavy atom. The Morgan fingerprint density at radius 2 is 1.86 bits per heavy atom. The van der Waals surface area contributed by atoms with Gasteiger partial charge in [-0.05, 0) is 25.3 Å². The minimum Gasteiger partial charge on any atom is -0.228 e. The lowest BCUT2D eigenvalue weighted by molar-refractivity contribution is 0.592. The Balaban J connectivity index is 2.36. The molecule has 0 amide bonds. The van der Waals surface area contributed by atoms with E-state index in [1.165, 1.54) is 5.56 Å². The summed E-state index contributed by atoms with van der Waals surface area (Å²) in [5.74, 6) is 0.353. The number of benzene rings is 1. The molecule has 1 aliphatic rings. The fourth-order valence-electron chi connectivity index (χ4n) is 1.95. The molecule has 1 atom stereocenters. The predicted octanol–water partition coefficient (Wildman–Crippen LogP) is 2.24. The monoisotopic (exact) mass is 210 g/mol. The average Bonchev–Trinajstić information content (AvgIpc) is 2.47. The van der Waals surface area contributed by atoms with Crippen molar-refractivity contribution in [1.82, 2.24) is 0 Å². The summed E-state index contributed by atoms with van der Waals surface area (Å²) in [7, 11) is -2.85. The van der Waals surface area contributed by atoms with Crippen molar-refractivity contribution in [3.8, 4) is 0 Å². The molecule has 1 unspecified atom stereocenters. The summed E-state index contributed by atoms with van der Waals surface area (Å²) in [4.78, 5) is 0. The first-order chi connectivity index (χ1) is 6.59. The zero-order chi connectivity index (χ0) is 10.2. The summed E-state index contributed by atoms with van der Waals surface area (Å²) in [6, 6.07) is 7.82. The van der Waals surface area contributed by atoms with Crippen LogP contribution < -0.4 is 0 Å². The Labute approximate surface area is 84.9 Å². The van der Waals surface area contributed by atoms with Gasteiger partial charge in [-0.25, -0.2) is 8.42 Å². The minimum atomic E-state index is -2.85. The van der Waals surface area contributed by atoms with Gasteiger partial charge in [-0.2, -0.15) is 0 Å². The van der Waals surface area contributed by atoms with Crippen LogP contribution in [-0.2, 0) is 9.84 Å². The van der Waals surface area contributed by atoms with E-state index >= 15 is 0 Å². The third-order valence-corrected chi connectivity index (χ3v) is 5.01. The lowest BCUT2D eigenvalue weighted by Gasteiger charge is -2.09. The van der Waals surface area contributed by atoms with Gasteiger partial charge in [0, 0.05) is 0 Å². The van der Waals surface area contributed by atoms with Crippen molar-refractivity contribution < 1.29 is 8.42 Å². The van der Waals surface area contributed by atoms with E-state index in [0.29, 0.717) is 5.75 Å². The number of hydrogen-bond donors (Lipinski definition) is 0. The molecule has 2 nitrogen and oxygen atoms in total. The van der Waals surface area contributed by atoms with E-state index < -0.39 is 9.84 Å². The van der Waals surface area contributed by atoms with Crippen LogP contribution in [0.2, 0.25) is 0 Å². The van der Waals surface area contributed by atoms with Crippen LogP contribution in [0.3, 0.4) is 0 Å². The van der Waals surface area contributed by atoms with Crippen molar-refractivity contribution in [2.45, 2.75) is 25.0 Å². The molecule has 1 heterocycles. The number of aryl methyl sites for hydroxylation is 1. The molecule has 1 aromatic carbocycles. The summed E-state index contributed by atoms with van der Waals surface area (Å²) < 4.78 is 23.3. The topological polar surface area (TPSA) is 34.1 Å². The van der Waals surface area contributed by atoms with Crippen LogP contribution in [0.5, 0.6) is 0 Å². The molecule has 76 valence electrons. The van der Waals surface area contributed by atoms with Gasteiger partial charge in [-0.15, -0.1) is 0 Å². The molecular weight excluding hydrogens is 196 g/mol. The van der Waals surface area contributed by atoms with Gasteiger partial charge in [-0.1, -0.05) is 29.8 Å². The van der Waals surface area contributed by atoms with Gasteiger partial charge in [0.05, 0.1) is 11.0 Å². The highest BCUT2D eigenvalue weighted by atomic mass is 32.2. The quantitative estimate of drug-likeness (QED) is 0.712. The second-order valence-corrected chi connectivity index (χ2v) is 6.21. The first kappa shape index (κ1) is 9.71. The Hall–Kier alpha value is -0.830. The predicted molar refractivity (Wildman–Crippen MR) is 56.9 cm³/mol. The lowest BCUT2D eigenvalue weighted by atomic mass is 10.1. The molecule has 1 fully saturated rings. The summed E-state index contributed by atoms with van der Waals surface area (Å²) in [6.45, 7) is 2.01. The molecule has 0 bridgehead atoms. The molecule has 1 aliphatic heterocycles. The first-order valence-corrected chi connectivity index (χ1v) is 6.59. The number of rotatable bonds is 1. The van der Waals surface area contributed by atoms with Gasteiger partial charge in [-0.3, -0.25) is 0 Å². The van der Waals surface area contributed by atoms with Gasteiger partial charge in [0.15, 0.2) is 9.84 Å². The van der Waals surface area contributed by atoms with Crippen molar-refractivity contribution in [3.63, 3.8) is 0 Å².